The molecule has 0 aromatic heterocycles. The summed E-state index contributed by atoms with van der Waals surface area (Å²) < 4.78 is 0. The van der Waals surface area contributed by atoms with E-state index >= 15 is 0 Å². The van der Waals surface area contributed by atoms with E-state index in [-0.39, 0.29) is 24.4 Å². The Morgan fingerprint density at radius 2 is 1.64 bits per heavy atom. The van der Waals surface area contributed by atoms with Gasteiger partial charge >= 0.3 is 0 Å². The highest BCUT2D eigenvalue weighted by Gasteiger charge is 2.13. The van der Waals surface area contributed by atoms with Crippen LogP contribution in [0, 0.1) is 11.3 Å². The maximum atomic E-state index is 12.1. The summed E-state index contributed by atoms with van der Waals surface area (Å²) in [7, 11) is 0. The highest BCUT2D eigenvalue weighted by molar-refractivity contribution is 6.05. The molecule has 0 bridgehead atoms. The minimum Gasteiger partial charge on any atom is -0.504 e. The van der Waals surface area contributed by atoms with Crippen molar-refractivity contribution in [3.63, 3.8) is 0 Å². The van der Waals surface area contributed by atoms with Gasteiger partial charge in [0.2, 0.25) is 5.91 Å². The largest absolute Gasteiger partial charge is 0.504 e. The molecule has 2 rings (SSSR count). The lowest BCUT2D eigenvalue weighted by molar-refractivity contribution is -0.120. The third-order valence-corrected chi connectivity index (χ3v) is 3.27. The fourth-order valence-corrected chi connectivity index (χ4v) is 1.98. The van der Waals surface area contributed by atoms with Crippen LogP contribution in [-0.2, 0) is 11.3 Å². The summed E-state index contributed by atoms with van der Waals surface area (Å²) in [6, 6.07) is 10.4. The Hall–Kier alpha value is -3.73. The Balaban J connectivity index is 2.00. The van der Waals surface area contributed by atoms with Crippen molar-refractivity contribution in [2.45, 2.75) is 13.0 Å². The van der Waals surface area contributed by atoms with Crippen LogP contribution in [0.15, 0.2) is 36.4 Å². The molecule has 0 saturated heterocycles. The second-order valence-electron chi connectivity index (χ2n) is 5.13. The predicted octanol–water partition coefficient (Wildman–Crippen LogP) is 1.59. The molecule has 0 atom stereocenters. The van der Waals surface area contributed by atoms with Gasteiger partial charge in [0.25, 0.3) is 5.91 Å². The van der Waals surface area contributed by atoms with Crippen molar-refractivity contribution >= 4 is 17.5 Å². The Morgan fingerprint density at radius 1 is 1.04 bits per heavy atom. The normalized spacial score (nSPS) is 9.88. The van der Waals surface area contributed by atoms with Gasteiger partial charge in [0, 0.05) is 17.8 Å². The Labute approximate surface area is 143 Å². The highest BCUT2D eigenvalue weighted by atomic mass is 16.3. The molecule has 0 heterocycles. The van der Waals surface area contributed by atoms with Crippen LogP contribution in [0.25, 0.3) is 0 Å². The molecule has 0 spiro atoms. The summed E-state index contributed by atoms with van der Waals surface area (Å²) in [6.07, 6.45) is -0.208. The van der Waals surface area contributed by atoms with Gasteiger partial charge in [-0.3, -0.25) is 9.59 Å². The molecule has 0 aliphatic carbocycles. The number of nitriles is 1. The number of nitrogens with one attached hydrogen (secondary N) is 2. The SMILES string of the molecule is N#CCC(=O)NCc1ccc(NC(=O)c2cc(O)c(O)c(O)c2)cc1. The van der Waals surface area contributed by atoms with E-state index < -0.39 is 23.2 Å². The van der Waals surface area contributed by atoms with Gasteiger partial charge in [-0.1, -0.05) is 12.1 Å². The zero-order valence-corrected chi connectivity index (χ0v) is 13.0. The minimum absolute atomic E-state index is 0.0272. The topological polar surface area (TPSA) is 143 Å². The molecule has 0 radical (unpaired) electrons. The van der Waals surface area contributed by atoms with E-state index in [2.05, 4.69) is 10.6 Å². The monoisotopic (exact) mass is 341 g/mol. The lowest BCUT2D eigenvalue weighted by atomic mass is 10.1. The van der Waals surface area contributed by atoms with E-state index in [4.69, 9.17) is 5.26 Å². The number of nitrogens with zero attached hydrogens (tertiary/aromatic N) is 1. The highest BCUT2D eigenvalue weighted by Crippen LogP contribution is 2.35. The van der Waals surface area contributed by atoms with Gasteiger partial charge in [-0.25, -0.2) is 0 Å². The van der Waals surface area contributed by atoms with Gasteiger partial charge in [-0.15, -0.1) is 0 Å². The molecule has 0 aliphatic heterocycles. The number of carbonyl (C=O) groups is 2. The number of benzene rings is 2. The fourth-order valence-electron chi connectivity index (χ4n) is 1.98. The summed E-state index contributed by atoms with van der Waals surface area (Å²) in [5, 5.41) is 41.7. The number of phenolic OH excluding ortho intramolecular Hbond substituents is 3. The van der Waals surface area contributed by atoms with Crippen LogP contribution in [0.1, 0.15) is 22.3 Å². The summed E-state index contributed by atoms with van der Waals surface area (Å²) in [5.74, 6) is -2.85. The molecule has 25 heavy (non-hydrogen) atoms. The minimum atomic E-state index is -0.695. The quantitative estimate of drug-likeness (QED) is 0.523. The maximum absolute atomic E-state index is 12.1. The van der Waals surface area contributed by atoms with Crippen molar-refractivity contribution in [1.29, 1.82) is 5.26 Å². The molecule has 0 saturated carbocycles. The van der Waals surface area contributed by atoms with Crippen LogP contribution < -0.4 is 10.6 Å². The van der Waals surface area contributed by atoms with Crippen LogP contribution in [0.4, 0.5) is 5.69 Å². The first-order valence-electron chi connectivity index (χ1n) is 7.19. The average molecular weight is 341 g/mol. The number of hydrogen-bond acceptors (Lipinski definition) is 6. The molecule has 0 aliphatic rings. The van der Waals surface area contributed by atoms with Crippen molar-refractivity contribution in [1.82, 2.24) is 5.32 Å². The van der Waals surface area contributed by atoms with E-state index in [1.165, 1.54) is 0 Å². The molecule has 2 aromatic carbocycles. The van der Waals surface area contributed by atoms with Gasteiger partial charge in [-0.05, 0) is 29.8 Å². The number of phenols is 3. The molecule has 2 amide bonds. The van der Waals surface area contributed by atoms with E-state index in [9.17, 15) is 24.9 Å². The Kier molecular flexibility index (Phi) is 5.43. The zero-order valence-electron chi connectivity index (χ0n) is 13.0. The molecule has 0 fully saturated rings. The van der Waals surface area contributed by atoms with E-state index in [1.54, 1.807) is 30.3 Å². The zero-order chi connectivity index (χ0) is 18.4. The van der Waals surface area contributed by atoms with Crippen LogP contribution >= 0.6 is 0 Å². The van der Waals surface area contributed by atoms with Crippen molar-refractivity contribution in [3.05, 3.63) is 47.5 Å². The first-order valence-corrected chi connectivity index (χ1v) is 7.19. The number of hydrogen-bond donors (Lipinski definition) is 5. The first kappa shape index (κ1) is 17.6. The summed E-state index contributed by atoms with van der Waals surface area (Å²) in [6.45, 7) is 0.258. The third kappa shape index (κ3) is 4.62. The second-order valence-corrected chi connectivity index (χ2v) is 5.13. The van der Waals surface area contributed by atoms with E-state index in [1.807, 2.05) is 0 Å². The molecule has 8 nitrogen and oxygen atoms in total. The smallest absolute Gasteiger partial charge is 0.255 e. The van der Waals surface area contributed by atoms with Gasteiger partial charge in [0.1, 0.15) is 6.42 Å². The molecule has 8 heteroatoms. The maximum Gasteiger partial charge on any atom is 0.255 e. The van der Waals surface area contributed by atoms with Crippen molar-refractivity contribution < 1.29 is 24.9 Å². The molecule has 128 valence electrons. The number of amides is 2. The van der Waals surface area contributed by atoms with E-state index in [0.29, 0.717) is 5.69 Å². The number of rotatable bonds is 5. The number of aromatic hydroxyl groups is 3. The summed E-state index contributed by atoms with van der Waals surface area (Å²) in [5.41, 5.74) is 1.22. The van der Waals surface area contributed by atoms with Crippen molar-refractivity contribution in [3.8, 4) is 23.3 Å². The van der Waals surface area contributed by atoms with Crippen LogP contribution in [0.2, 0.25) is 0 Å². The number of carbonyl (C=O) groups excluding carboxylic acids is 2. The molecule has 5 N–H and O–H groups in total. The second kappa shape index (κ2) is 7.70. The van der Waals surface area contributed by atoms with Crippen molar-refractivity contribution in [2.75, 3.05) is 5.32 Å². The molecular formula is C17H15N3O5. The Morgan fingerprint density at radius 3 is 2.20 bits per heavy atom. The first-order chi connectivity index (χ1) is 11.9. The van der Waals surface area contributed by atoms with Crippen LogP contribution in [0.3, 0.4) is 0 Å². The van der Waals surface area contributed by atoms with Gasteiger partial charge in [0.05, 0.1) is 6.07 Å². The summed E-state index contributed by atoms with van der Waals surface area (Å²) >= 11 is 0. The Bertz CT molecular complexity index is 817. The van der Waals surface area contributed by atoms with Crippen LogP contribution in [-0.4, -0.2) is 27.1 Å². The van der Waals surface area contributed by atoms with Gasteiger partial charge in [0.15, 0.2) is 17.2 Å². The van der Waals surface area contributed by atoms with Crippen molar-refractivity contribution in [2.24, 2.45) is 0 Å². The fraction of sp³-hybridized carbons (Fsp3) is 0.118. The summed E-state index contributed by atoms with van der Waals surface area (Å²) in [4.78, 5) is 23.3. The third-order valence-electron chi connectivity index (χ3n) is 3.27. The lowest BCUT2D eigenvalue weighted by Crippen LogP contribution is -2.21. The van der Waals surface area contributed by atoms with Gasteiger partial charge in [-0.2, -0.15) is 5.26 Å². The van der Waals surface area contributed by atoms with Crippen LogP contribution in [0.5, 0.6) is 17.2 Å². The lowest BCUT2D eigenvalue weighted by Gasteiger charge is -2.09. The number of anilines is 1. The predicted molar refractivity (Wildman–Crippen MR) is 87.9 cm³/mol. The molecule has 2 aromatic rings. The molecular weight excluding hydrogens is 326 g/mol. The standard InChI is InChI=1S/C17H15N3O5/c18-6-5-15(23)19-9-10-1-3-12(4-2-10)20-17(25)11-7-13(21)16(24)14(22)8-11/h1-4,7-8,21-22,24H,5,9H2,(H,19,23)(H,20,25). The average Bonchev–Trinajstić information content (AvgIpc) is 2.59. The van der Waals surface area contributed by atoms with Gasteiger partial charge < -0.3 is 26.0 Å². The molecule has 0 unspecified atom stereocenters. The van der Waals surface area contributed by atoms with E-state index in [0.717, 1.165) is 17.7 Å².